The van der Waals surface area contributed by atoms with Gasteiger partial charge in [-0.3, -0.25) is 9.59 Å². The van der Waals surface area contributed by atoms with E-state index < -0.39 is 59.2 Å². The van der Waals surface area contributed by atoms with E-state index in [4.69, 9.17) is 9.47 Å². The van der Waals surface area contributed by atoms with E-state index in [-0.39, 0.29) is 12.8 Å². The SMILES string of the molecule is CCC(C)N(C(=O)C(Cc1ccccc1)NC(=O)OC(C)(C)C)C(C(=O)NC(Cc1ccccc1)C(=O)OC(C)(C)C)c1cccc(C)c1C. The Balaban J connectivity index is 2.16. The molecule has 270 valence electrons. The van der Waals surface area contributed by atoms with Crippen molar-refractivity contribution in [3.05, 3.63) is 107 Å². The predicted octanol–water partition coefficient (Wildman–Crippen LogP) is 7.18. The van der Waals surface area contributed by atoms with Crippen molar-refractivity contribution in [3.63, 3.8) is 0 Å². The van der Waals surface area contributed by atoms with E-state index in [1.54, 1.807) is 46.4 Å². The number of aryl methyl sites for hydroxylation is 1. The van der Waals surface area contributed by atoms with Gasteiger partial charge in [0.2, 0.25) is 11.8 Å². The molecule has 3 aromatic rings. The molecule has 0 fully saturated rings. The summed E-state index contributed by atoms with van der Waals surface area (Å²) in [5.41, 5.74) is 2.48. The molecule has 0 saturated carbocycles. The average molecular weight is 686 g/mol. The summed E-state index contributed by atoms with van der Waals surface area (Å²) >= 11 is 0. The van der Waals surface area contributed by atoms with Crippen molar-refractivity contribution in [2.24, 2.45) is 0 Å². The minimum atomic E-state index is -1.14. The summed E-state index contributed by atoms with van der Waals surface area (Å²) in [6.45, 7) is 18.3. The molecule has 9 nitrogen and oxygen atoms in total. The zero-order valence-corrected chi connectivity index (χ0v) is 31.3. The maximum absolute atomic E-state index is 14.9. The quantitative estimate of drug-likeness (QED) is 0.184. The van der Waals surface area contributed by atoms with Crippen LogP contribution in [0.3, 0.4) is 0 Å². The van der Waals surface area contributed by atoms with E-state index in [1.807, 2.05) is 107 Å². The molecule has 3 rings (SSSR count). The number of hydrogen-bond acceptors (Lipinski definition) is 6. The van der Waals surface area contributed by atoms with Gasteiger partial charge in [-0.2, -0.15) is 0 Å². The molecule has 0 bridgehead atoms. The fourth-order valence-corrected chi connectivity index (χ4v) is 5.63. The third-order valence-electron chi connectivity index (χ3n) is 8.35. The Kier molecular flexibility index (Phi) is 13.8. The van der Waals surface area contributed by atoms with Crippen molar-refractivity contribution < 1.29 is 28.7 Å². The van der Waals surface area contributed by atoms with Crippen LogP contribution in [0.5, 0.6) is 0 Å². The zero-order chi connectivity index (χ0) is 37.2. The third kappa shape index (κ3) is 11.7. The van der Waals surface area contributed by atoms with Crippen molar-refractivity contribution in [1.29, 1.82) is 0 Å². The van der Waals surface area contributed by atoms with Crippen LogP contribution in [0.25, 0.3) is 0 Å². The Bertz CT molecular complexity index is 1590. The number of nitrogens with one attached hydrogen (secondary N) is 2. The highest BCUT2D eigenvalue weighted by Gasteiger charge is 2.41. The molecule has 2 N–H and O–H groups in total. The van der Waals surface area contributed by atoms with Gasteiger partial charge < -0.3 is 25.0 Å². The van der Waals surface area contributed by atoms with Crippen molar-refractivity contribution >= 4 is 23.9 Å². The summed E-state index contributed by atoms with van der Waals surface area (Å²) in [5, 5.41) is 5.80. The lowest BCUT2D eigenvalue weighted by Gasteiger charge is -2.39. The molecule has 4 atom stereocenters. The minimum absolute atomic E-state index is 0.168. The van der Waals surface area contributed by atoms with E-state index in [0.29, 0.717) is 12.0 Å². The van der Waals surface area contributed by atoms with Gasteiger partial charge in [0, 0.05) is 18.9 Å². The van der Waals surface area contributed by atoms with Crippen LogP contribution in [0.1, 0.15) is 95.7 Å². The first-order valence-corrected chi connectivity index (χ1v) is 17.4. The molecule has 0 saturated heterocycles. The monoisotopic (exact) mass is 685 g/mol. The van der Waals surface area contributed by atoms with E-state index in [1.165, 1.54) is 0 Å². The Morgan fingerprint density at radius 3 is 1.72 bits per heavy atom. The van der Waals surface area contributed by atoms with E-state index >= 15 is 0 Å². The smallest absolute Gasteiger partial charge is 0.408 e. The molecular weight excluding hydrogens is 630 g/mol. The van der Waals surface area contributed by atoms with Crippen LogP contribution in [-0.4, -0.2) is 58.1 Å². The number of amides is 3. The average Bonchev–Trinajstić information content (AvgIpc) is 3.03. The Morgan fingerprint density at radius 2 is 1.22 bits per heavy atom. The lowest BCUT2D eigenvalue weighted by Crippen LogP contribution is -2.57. The van der Waals surface area contributed by atoms with Crippen LogP contribution in [0.4, 0.5) is 4.79 Å². The van der Waals surface area contributed by atoms with E-state index in [9.17, 15) is 19.2 Å². The summed E-state index contributed by atoms with van der Waals surface area (Å²) in [6, 6.07) is 20.7. The first-order valence-electron chi connectivity index (χ1n) is 17.4. The van der Waals surface area contributed by atoms with Crippen molar-refractivity contribution in [2.75, 3.05) is 0 Å². The lowest BCUT2D eigenvalue weighted by molar-refractivity contribution is -0.159. The van der Waals surface area contributed by atoms with Crippen LogP contribution in [0.15, 0.2) is 78.9 Å². The molecule has 3 aromatic carbocycles. The van der Waals surface area contributed by atoms with Gasteiger partial charge >= 0.3 is 12.1 Å². The second kappa shape index (κ2) is 17.3. The van der Waals surface area contributed by atoms with Crippen LogP contribution >= 0.6 is 0 Å². The molecule has 0 aromatic heterocycles. The van der Waals surface area contributed by atoms with Crippen LogP contribution in [0, 0.1) is 13.8 Å². The Morgan fingerprint density at radius 1 is 0.700 bits per heavy atom. The van der Waals surface area contributed by atoms with Gasteiger partial charge in [0.05, 0.1) is 0 Å². The fraction of sp³-hybridized carbons (Fsp3) is 0.463. The standard InChI is InChI=1S/C41H55N3O6/c1-11-28(3)44(37(46)33(25-30-20-14-12-15-21-30)43-39(48)50-41(8,9)10)35(32-24-18-19-27(2)29(32)4)36(45)42-34(38(47)49-40(5,6)7)26-31-22-16-13-17-23-31/h12-24,28,33-35H,11,25-26H2,1-10H3,(H,42,45)(H,43,48). The number of carbonyl (C=O) groups is 4. The summed E-state index contributed by atoms with van der Waals surface area (Å²) in [6.07, 6.45) is 0.137. The molecule has 9 heteroatoms. The largest absolute Gasteiger partial charge is 0.458 e. The Labute approximate surface area is 298 Å². The van der Waals surface area contributed by atoms with E-state index in [2.05, 4.69) is 10.6 Å². The van der Waals surface area contributed by atoms with Gasteiger partial charge in [-0.1, -0.05) is 85.8 Å². The van der Waals surface area contributed by atoms with Crippen LogP contribution < -0.4 is 10.6 Å². The summed E-state index contributed by atoms with van der Waals surface area (Å²) in [7, 11) is 0. The zero-order valence-electron chi connectivity index (χ0n) is 31.3. The van der Waals surface area contributed by atoms with Gasteiger partial charge in [-0.05, 0) is 96.6 Å². The predicted molar refractivity (Wildman–Crippen MR) is 196 cm³/mol. The number of alkyl carbamates (subject to hydrolysis) is 1. The molecule has 0 aliphatic heterocycles. The fourth-order valence-electron chi connectivity index (χ4n) is 5.63. The Hall–Kier alpha value is -4.66. The highest BCUT2D eigenvalue weighted by atomic mass is 16.6. The number of nitrogens with zero attached hydrogens (tertiary/aromatic N) is 1. The highest BCUT2D eigenvalue weighted by molar-refractivity contribution is 5.94. The topological polar surface area (TPSA) is 114 Å². The first-order chi connectivity index (χ1) is 23.4. The molecular formula is C41H55N3O6. The number of ether oxygens (including phenoxy) is 2. The summed E-state index contributed by atoms with van der Waals surface area (Å²) in [4.78, 5) is 58.1. The lowest BCUT2D eigenvalue weighted by atomic mass is 9.92. The first kappa shape index (κ1) is 39.8. The van der Waals surface area contributed by atoms with Crippen molar-refractivity contribution in [2.45, 2.75) is 124 Å². The number of rotatable bonds is 13. The summed E-state index contributed by atoms with van der Waals surface area (Å²) < 4.78 is 11.3. The van der Waals surface area contributed by atoms with E-state index in [0.717, 1.165) is 22.3 Å². The maximum Gasteiger partial charge on any atom is 0.408 e. The normalized spacial score (nSPS) is 14.0. The van der Waals surface area contributed by atoms with Gasteiger partial charge in [-0.15, -0.1) is 0 Å². The molecule has 50 heavy (non-hydrogen) atoms. The van der Waals surface area contributed by atoms with Gasteiger partial charge in [0.1, 0.15) is 29.3 Å². The number of esters is 1. The minimum Gasteiger partial charge on any atom is -0.458 e. The summed E-state index contributed by atoms with van der Waals surface area (Å²) in [5.74, 6) is -1.56. The van der Waals surface area contributed by atoms with Crippen molar-refractivity contribution in [3.8, 4) is 0 Å². The van der Waals surface area contributed by atoms with Crippen LogP contribution in [-0.2, 0) is 36.7 Å². The number of hydrogen-bond donors (Lipinski definition) is 2. The number of benzene rings is 3. The second-order valence-electron chi connectivity index (χ2n) is 14.9. The second-order valence-corrected chi connectivity index (χ2v) is 14.9. The molecule has 0 radical (unpaired) electrons. The molecule has 0 spiro atoms. The third-order valence-corrected chi connectivity index (χ3v) is 8.35. The van der Waals surface area contributed by atoms with Crippen LogP contribution in [0.2, 0.25) is 0 Å². The highest BCUT2D eigenvalue weighted by Crippen LogP contribution is 2.31. The van der Waals surface area contributed by atoms with Gasteiger partial charge in [0.15, 0.2) is 0 Å². The molecule has 0 aliphatic carbocycles. The molecule has 4 unspecified atom stereocenters. The molecule has 0 aliphatic rings. The van der Waals surface area contributed by atoms with Crippen molar-refractivity contribution in [1.82, 2.24) is 15.5 Å². The number of carbonyl (C=O) groups excluding carboxylic acids is 4. The van der Waals surface area contributed by atoms with Gasteiger partial charge in [-0.25, -0.2) is 9.59 Å². The molecule has 3 amide bonds. The maximum atomic E-state index is 14.9. The van der Waals surface area contributed by atoms with Gasteiger partial charge in [0.25, 0.3) is 0 Å². The molecule has 0 heterocycles.